The Balaban J connectivity index is 1.93. The number of primary amides is 1. The Labute approximate surface area is 115 Å². The molecule has 0 unspecified atom stereocenters. The summed E-state index contributed by atoms with van der Waals surface area (Å²) in [6, 6.07) is 0. The number of rotatable bonds is 5. The molecule has 3 N–H and O–H groups in total. The first-order chi connectivity index (χ1) is 8.85. The third kappa shape index (κ3) is 3.96. The standard InChI is InChI=1S/C10H16N4O3S2/c1-19(16,17)12-3-5-14-4-2-7-8(6-14)18-10(13-7)9(11)15/h12H,2-6H2,1H3,(H2,11,15). The average Bonchev–Trinajstić information content (AvgIpc) is 2.70. The van der Waals surface area contributed by atoms with E-state index in [0.717, 1.165) is 29.8 Å². The fourth-order valence-corrected chi connectivity index (χ4v) is 3.40. The van der Waals surface area contributed by atoms with E-state index in [0.29, 0.717) is 24.6 Å². The average molecular weight is 304 g/mol. The first-order valence-corrected chi connectivity index (χ1v) is 8.51. The van der Waals surface area contributed by atoms with Gasteiger partial charge in [-0.3, -0.25) is 9.69 Å². The van der Waals surface area contributed by atoms with Gasteiger partial charge in [-0.25, -0.2) is 18.1 Å². The van der Waals surface area contributed by atoms with Crippen molar-refractivity contribution in [3.63, 3.8) is 0 Å². The summed E-state index contributed by atoms with van der Waals surface area (Å²) >= 11 is 1.32. The third-order valence-corrected chi connectivity index (χ3v) is 4.64. The molecular formula is C10H16N4O3S2. The van der Waals surface area contributed by atoms with Gasteiger partial charge in [0.15, 0.2) is 5.01 Å². The van der Waals surface area contributed by atoms with Crippen LogP contribution in [0, 0.1) is 0 Å². The van der Waals surface area contributed by atoms with Gasteiger partial charge in [-0.15, -0.1) is 11.3 Å². The van der Waals surface area contributed by atoms with Gasteiger partial charge in [0.2, 0.25) is 10.0 Å². The molecule has 1 aliphatic heterocycles. The van der Waals surface area contributed by atoms with Crippen LogP contribution in [0.25, 0.3) is 0 Å². The van der Waals surface area contributed by atoms with Gasteiger partial charge in [0.05, 0.1) is 11.9 Å². The molecule has 0 saturated carbocycles. The summed E-state index contributed by atoms with van der Waals surface area (Å²) in [6.07, 6.45) is 1.90. The van der Waals surface area contributed by atoms with E-state index >= 15 is 0 Å². The summed E-state index contributed by atoms with van der Waals surface area (Å²) in [5, 5.41) is 0.348. The molecule has 1 aromatic rings. The van der Waals surface area contributed by atoms with Crippen molar-refractivity contribution >= 4 is 27.3 Å². The van der Waals surface area contributed by atoms with Crippen LogP contribution < -0.4 is 10.5 Å². The van der Waals surface area contributed by atoms with Crippen molar-refractivity contribution in [3.8, 4) is 0 Å². The van der Waals surface area contributed by atoms with Crippen molar-refractivity contribution in [2.45, 2.75) is 13.0 Å². The highest BCUT2D eigenvalue weighted by atomic mass is 32.2. The van der Waals surface area contributed by atoms with Crippen LogP contribution >= 0.6 is 11.3 Å². The van der Waals surface area contributed by atoms with E-state index in [1.54, 1.807) is 0 Å². The van der Waals surface area contributed by atoms with Crippen molar-refractivity contribution in [1.29, 1.82) is 0 Å². The van der Waals surface area contributed by atoms with Crippen molar-refractivity contribution in [1.82, 2.24) is 14.6 Å². The minimum atomic E-state index is -3.14. The summed E-state index contributed by atoms with van der Waals surface area (Å²) in [5.74, 6) is -0.496. The lowest BCUT2D eigenvalue weighted by Gasteiger charge is -2.25. The summed E-state index contributed by atoms with van der Waals surface area (Å²) in [5.41, 5.74) is 6.14. The molecular weight excluding hydrogens is 288 g/mol. The lowest BCUT2D eigenvalue weighted by atomic mass is 10.2. The molecule has 7 nitrogen and oxygen atoms in total. The smallest absolute Gasteiger partial charge is 0.277 e. The second-order valence-corrected chi connectivity index (χ2v) is 7.36. The van der Waals surface area contributed by atoms with E-state index in [9.17, 15) is 13.2 Å². The van der Waals surface area contributed by atoms with Crippen LogP contribution in [0.1, 0.15) is 20.4 Å². The lowest BCUT2D eigenvalue weighted by Crippen LogP contribution is -2.37. The molecule has 1 aliphatic rings. The maximum Gasteiger partial charge on any atom is 0.277 e. The minimum Gasteiger partial charge on any atom is -0.364 e. The van der Waals surface area contributed by atoms with Crippen LogP contribution in [-0.2, 0) is 23.0 Å². The van der Waals surface area contributed by atoms with Gasteiger partial charge in [-0.05, 0) is 0 Å². The maximum absolute atomic E-state index is 11.1. The largest absolute Gasteiger partial charge is 0.364 e. The molecule has 1 amide bonds. The molecule has 0 saturated heterocycles. The Hall–Kier alpha value is -1.03. The van der Waals surface area contributed by atoms with E-state index in [1.165, 1.54) is 11.3 Å². The van der Waals surface area contributed by atoms with E-state index in [1.807, 2.05) is 0 Å². The Morgan fingerprint density at radius 3 is 2.95 bits per heavy atom. The Morgan fingerprint density at radius 1 is 1.58 bits per heavy atom. The summed E-state index contributed by atoms with van der Waals surface area (Å²) < 4.78 is 24.4. The van der Waals surface area contributed by atoms with Crippen LogP contribution in [0.15, 0.2) is 0 Å². The highest BCUT2D eigenvalue weighted by Crippen LogP contribution is 2.24. The molecule has 0 aliphatic carbocycles. The summed E-state index contributed by atoms with van der Waals surface area (Å²) in [7, 11) is -3.14. The number of fused-ring (bicyclic) bond motifs is 1. The van der Waals surface area contributed by atoms with Crippen molar-refractivity contribution < 1.29 is 13.2 Å². The molecule has 2 heterocycles. The predicted octanol–water partition coefficient (Wildman–Crippen LogP) is -0.851. The number of aromatic nitrogens is 1. The number of nitrogens with one attached hydrogen (secondary N) is 1. The Kier molecular flexibility index (Phi) is 4.19. The second-order valence-electron chi connectivity index (χ2n) is 4.45. The van der Waals surface area contributed by atoms with Gasteiger partial charge in [-0.2, -0.15) is 0 Å². The first-order valence-electron chi connectivity index (χ1n) is 5.80. The van der Waals surface area contributed by atoms with Gasteiger partial charge in [0.25, 0.3) is 5.91 Å². The zero-order valence-corrected chi connectivity index (χ0v) is 12.2. The predicted molar refractivity (Wildman–Crippen MR) is 72.5 cm³/mol. The third-order valence-electron chi connectivity index (χ3n) is 2.81. The second kappa shape index (κ2) is 5.53. The zero-order chi connectivity index (χ0) is 14.0. The van der Waals surface area contributed by atoms with Gasteiger partial charge in [0, 0.05) is 37.5 Å². The van der Waals surface area contributed by atoms with Crippen LogP contribution in [0.5, 0.6) is 0 Å². The van der Waals surface area contributed by atoms with E-state index in [4.69, 9.17) is 5.73 Å². The van der Waals surface area contributed by atoms with Crippen molar-refractivity contribution in [2.24, 2.45) is 5.73 Å². The normalized spacial score (nSPS) is 16.3. The molecule has 0 bridgehead atoms. The van der Waals surface area contributed by atoms with Crippen molar-refractivity contribution in [2.75, 3.05) is 25.9 Å². The molecule has 19 heavy (non-hydrogen) atoms. The van der Waals surface area contributed by atoms with Crippen LogP contribution in [0.2, 0.25) is 0 Å². The van der Waals surface area contributed by atoms with E-state index in [-0.39, 0.29) is 0 Å². The fraction of sp³-hybridized carbons (Fsp3) is 0.600. The molecule has 9 heteroatoms. The minimum absolute atomic E-state index is 0.348. The van der Waals surface area contributed by atoms with Gasteiger partial charge in [0.1, 0.15) is 0 Å². The summed E-state index contributed by atoms with van der Waals surface area (Å²) in [6.45, 7) is 2.51. The lowest BCUT2D eigenvalue weighted by molar-refractivity contribution is 0.0999. The topological polar surface area (TPSA) is 105 Å². The fourth-order valence-electron chi connectivity index (χ4n) is 1.93. The number of carbonyl (C=O) groups excluding carboxylic acids is 1. The number of sulfonamides is 1. The van der Waals surface area contributed by atoms with Crippen LogP contribution in [0.4, 0.5) is 0 Å². The Morgan fingerprint density at radius 2 is 2.32 bits per heavy atom. The zero-order valence-electron chi connectivity index (χ0n) is 10.5. The number of thiazole rings is 1. The molecule has 0 spiro atoms. The molecule has 1 aromatic heterocycles. The number of carbonyl (C=O) groups is 1. The summed E-state index contributed by atoms with van der Waals surface area (Å²) in [4.78, 5) is 18.4. The van der Waals surface area contributed by atoms with Gasteiger partial charge in [-0.1, -0.05) is 0 Å². The monoisotopic (exact) mass is 304 g/mol. The van der Waals surface area contributed by atoms with Gasteiger partial charge < -0.3 is 5.73 Å². The number of nitrogens with zero attached hydrogens (tertiary/aromatic N) is 2. The molecule has 0 fully saturated rings. The van der Waals surface area contributed by atoms with Crippen LogP contribution in [0.3, 0.4) is 0 Å². The maximum atomic E-state index is 11.1. The SMILES string of the molecule is CS(=O)(=O)NCCN1CCc2nc(C(N)=O)sc2C1. The Bertz CT molecular complexity index is 582. The quantitative estimate of drug-likeness (QED) is 0.737. The molecule has 2 rings (SSSR count). The highest BCUT2D eigenvalue weighted by molar-refractivity contribution is 7.88. The molecule has 0 radical (unpaired) electrons. The number of nitrogens with two attached hydrogens (primary N) is 1. The van der Waals surface area contributed by atoms with E-state index in [2.05, 4.69) is 14.6 Å². The molecule has 0 atom stereocenters. The van der Waals surface area contributed by atoms with Crippen LogP contribution in [-0.4, -0.2) is 50.1 Å². The number of hydrogen-bond acceptors (Lipinski definition) is 6. The van der Waals surface area contributed by atoms with E-state index < -0.39 is 15.9 Å². The van der Waals surface area contributed by atoms with Gasteiger partial charge >= 0.3 is 0 Å². The number of hydrogen-bond donors (Lipinski definition) is 2. The van der Waals surface area contributed by atoms with Crippen molar-refractivity contribution in [3.05, 3.63) is 15.6 Å². The number of amides is 1. The molecule has 0 aromatic carbocycles. The first kappa shape index (κ1) is 14.4. The highest BCUT2D eigenvalue weighted by Gasteiger charge is 2.21. The molecule has 106 valence electrons.